The van der Waals surface area contributed by atoms with Crippen LogP contribution in [-0.2, 0) is 17.8 Å². The van der Waals surface area contributed by atoms with Gasteiger partial charge in [0.15, 0.2) is 0 Å². The summed E-state index contributed by atoms with van der Waals surface area (Å²) >= 11 is 3.48. The molecule has 4 rings (SSSR count). The predicted molar refractivity (Wildman–Crippen MR) is 89.9 cm³/mol. The van der Waals surface area contributed by atoms with Gasteiger partial charge in [0.2, 0.25) is 5.91 Å². The topological polar surface area (TPSA) is 38.1 Å². The first-order chi connectivity index (χ1) is 10.7. The number of hydrogen-bond acceptors (Lipinski definition) is 2. The van der Waals surface area contributed by atoms with Crippen molar-refractivity contribution in [1.29, 1.82) is 0 Å². The summed E-state index contributed by atoms with van der Waals surface area (Å²) in [5.74, 6) is 0.101. The van der Waals surface area contributed by atoms with E-state index in [0.29, 0.717) is 6.54 Å². The summed E-state index contributed by atoms with van der Waals surface area (Å²) in [4.78, 5) is 18.9. The molecular weight excluding hydrogens is 342 g/mol. The minimum atomic E-state index is 0.101. The maximum absolute atomic E-state index is 12.7. The van der Waals surface area contributed by atoms with E-state index in [-0.39, 0.29) is 5.91 Å². The van der Waals surface area contributed by atoms with Crippen molar-refractivity contribution in [1.82, 2.24) is 9.55 Å². The van der Waals surface area contributed by atoms with E-state index in [4.69, 9.17) is 0 Å². The molecule has 5 heteroatoms. The van der Waals surface area contributed by atoms with Crippen molar-refractivity contribution in [2.75, 3.05) is 11.4 Å². The van der Waals surface area contributed by atoms with Crippen LogP contribution >= 0.6 is 15.9 Å². The third kappa shape index (κ3) is 2.22. The molecule has 0 aliphatic carbocycles. The monoisotopic (exact) mass is 355 g/mol. The lowest BCUT2D eigenvalue weighted by Gasteiger charge is -2.18. The summed E-state index contributed by atoms with van der Waals surface area (Å²) in [6.45, 7) is 1.06. The third-order valence-corrected chi connectivity index (χ3v) is 4.56. The zero-order valence-electron chi connectivity index (χ0n) is 11.9. The van der Waals surface area contributed by atoms with Gasteiger partial charge < -0.3 is 9.47 Å². The number of aromatic nitrogens is 2. The van der Waals surface area contributed by atoms with Gasteiger partial charge in [-0.25, -0.2) is 4.98 Å². The number of hydrogen-bond donors (Lipinski definition) is 0. The second kappa shape index (κ2) is 5.25. The van der Waals surface area contributed by atoms with E-state index in [9.17, 15) is 4.79 Å². The summed E-state index contributed by atoms with van der Waals surface area (Å²) in [6, 6.07) is 14.0. The highest BCUT2D eigenvalue weighted by Crippen LogP contribution is 2.30. The number of carbonyl (C=O) groups is 1. The van der Waals surface area contributed by atoms with E-state index < -0.39 is 0 Å². The first-order valence-electron chi connectivity index (χ1n) is 7.21. The molecule has 3 aromatic rings. The zero-order valence-corrected chi connectivity index (χ0v) is 13.5. The molecule has 0 N–H and O–H groups in total. The van der Waals surface area contributed by atoms with Crippen LogP contribution in [-0.4, -0.2) is 22.0 Å². The zero-order chi connectivity index (χ0) is 15.1. The number of imidazole rings is 1. The summed E-state index contributed by atoms with van der Waals surface area (Å²) < 4.78 is 2.97. The quantitative estimate of drug-likeness (QED) is 0.706. The highest BCUT2D eigenvalue weighted by atomic mass is 79.9. The maximum atomic E-state index is 12.7. The number of benzene rings is 2. The van der Waals surface area contributed by atoms with E-state index in [0.717, 1.165) is 34.2 Å². The van der Waals surface area contributed by atoms with E-state index in [1.54, 1.807) is 6.33 Å². The van der Waals surface area contributed by atoms with Gasteiger partial charge in [0.25, 0.3) is 0 Å². The van der Waals surface area contributed by atoms with Crippen LogP contribution in [0.2, 0.25) is 0 Å². The van der Waals surface area contributed by atoms with Gasteiger partial charge >= 0.3 is 0 Å². The molecule has 1 aromatic heterocycles. The van der Waals surface area contributed by atoms with Crippen molar-refractivity contribution >= 4 is 38.6 Å². The van der Waals surface area contributed by atoms with E-state index >= 15 is 0 Å². The van der Waals surface area contributed by atoms with Gasteiger partial charge in [-0.3, -0.25) is 4.79 Å². The SMILES string of the molecule is O=C(Cn1cnc2ccccc21)N1CCc2cc(Br)ccc21. The Balaban J connectivity index is 1.62. The van der Waals surface area contributed by atoms with E-state index in [1.165, 1.54) is 5.56 Å². The standard InChI is InChI=1S/C17H14BrN3O/c18-13-5-6-15-12(9-13)7-8-21(15)17(22)10-20-11-19-14-3-1-2-4-16(14)20/h1-6,9,11H,7-8,10H2. The first kappa shape index (κ1) is 13.5. The number of amides is 1. The minimum absolute atomic E-state index is 0.101. The summed E-state index contributed by atoms with van der Waals surface area (Å²) in [6.07, 6.45) is 2.65. The number of para-hydroxylation sites is 2. The summed E-state index contributed by atoms with van der Waals surface area (Å²) in [5.41, 5.74) is 4.16. The third-order valence-electron chi connectivity index (χ3n) is 4.07. The molecule has 2 aromatic carbocycles. The van der Waals surface area contributed by atoms with Gasteiger partial charge in [0, 0.05) is 16.7 Å². The summed E-state index contributed by atoms with van der Waals surface area (Å²) in [5, 5.41) is 0. The lowest BCUT2D eigenvalue weighted by Crippen LogP contribution is -2.32. The van der Waals surface area contributed by atoms with Gasteiger partial charge in [0.1, 0.15) is 6.54 Å². The molecule has 0 unspecified atom stereocenters. The van der Waals surface area contributed by atoms with Crippen LogP contribution in [0, 0.1) is 0 Å². The Morgan fingerprint density at radius 1 is 1.23 bits per heavy atom. The van der Waals surface area contributed by atoms with Gasteiger partial charge in [-0.05, 0) is 42.3 Å². The summed E-state index contributed by atoms with van der Waals surface area (Å²) in [7, 11) is 0. The number of rotatable bonds is 2. The van der Waals surface area contributed by atoms with Crippen LogP contribution in [0.5, 0.6) is 0 Å². The van der Waals surface area contributed by atoms with Crippen LogP contribution in [0.15, 0.2) is 53.3 Å². The Morgan fingerprint density at radius 3 is 3.00 bits per heavy atom. The molecule has 0 saturated heterocycles. The molecule has 2 heterocycles. The lowest BCUT2D eigenvalue weighted by molar-refractivity contribution is -0.119. The average molecular weight is 356 g/mol. The fourth-order valence-corrected chi connectivity index (χ4v) is 3.41. The number of anilines is 1. The predicted octanol–water partition coefficient (Wildman–Crippen LogP) is 3.39. The van der Waals surface area contributed by atoms with Crippen LogP contribution in [0.25, 0.3) is 11.0 Å². The molecule has 22 heavy (non-hydrogen) atoms. The smallest absolute Gasteiger partial charge is 0.246 e. The normalized spacial score (nSPS) is 13.6. The van der Waals surface area contributed by atoms with E-state index in [2.05, 4.69) is 27.0 Å². The van der Waals surface area contributed by atoms with Crippen molar-refractivity contribution in [2.45, 2.75) is 13.0 Å². The lowest BCUT2D eigenvalue weighted by atomic mass is 10.2. The van der Waals surface area contributed by atoms with Crippen molar-refractivity contribution in [3.05, 3.63) is 58.8 Å². The van der Waals surface area contributed by atoms with Gasteiger partial charge in [-0.15, -0.1) is 0 Å². The minimum Gasteiger partial charge on any atom is -0.321 e. The van der Waals surface area contributed by atoms with Gasteiger partial charge in [-0.2, -0.15) is 0 Å². The first-order valence-corrected chi connectivity index (χ1v) is 8.00. The molecule has 1 aliphatic rings. The Hall–Kier alpha value is -2.14. The Labute approximate surface area is 136 Å². The second-order valence-corrected chi connectivity index (χ2v) is 6.35. The number of nitrogens with zero attached hydrogens (tertiary/aromatic N) is 3. The fourth-order valence-electron chi connectivity index (χ4n) is 3.00. The Bertz CT molecular complexity index is 871. The maximum Gasteiger partial charge on any atom is 0.246 e. The van der Waals surface area contributed by atoms with Crippen molar-refractivity contribution in [3.8, 4) is 0 Å². The molecule has 4 nitrogen and oxygen atoms in total. The van der Waals surface area contributed by atoms with Crippen LogP contribution in [0.3, 0.4) is 0 Å². The Kier molecular flexibility index (Phi) is 3.22. The number of halogens is 1. The fraction of sp³-hybridized carbons (Fsp3) is 0.176. The molecule has 0 fully saturated rings. The molecule has 0 spiro atoms. The molecule has 1 amide bonds. The molecule has 0 radical (unpaired) electrons. The van der Waals surface area contributed by atoms with Crippen molar-refractivity contribution < 1.29 is 4.79 Å². The average Bonchev–Trinajstić information content (AvgIpc) is 3.11. The van der Waals surface area contributed by atoms with Crippen LogP contribution in [0.1, 0.15) is 5.56 Å². The molecule has 1 aliphatic heterocycles. The van der Waals surface area contributed by atoms with E-state index in [1.807, 2.05) is 45.9 Å². The highest BCUT2D eigenvalue weighted by molar-refractivity contribution is 9.10. The highest BCUT2D eigenvalue weighted by Gasteiger charge is 2.25. The Morgan fingerprint density at radius 2 is 2.09 bits per heavy atom. The van der Waals surface area contributed by atoms with Crippen LogP contribution in [0.4, 0.5) is 5.69 Å². The molecule has 110 valence electrons. The van der Waals surface area contributed by atoms with Gasteiger partial charge in [0.05, 0.1) is 17.4 Å². The van der Waals surface area contributed by atoms with Crippen molar-refractivity contribution in [2.24, 2.45) is 0 Å². The number of carbonyl (C=O) groups excluding carboxylic acids is 1. The van der Waals surface area contributed by atoms with Crippen LogP contribution < -0.4 is 4.90 Å². The second-order valence-electron chi connectivity index (χ2n) is 5.43. The molecular formula is C17H14BrN3O. The molecule has 0 saturated carbocycles. The largest absolute Gasteiger partial charge is 0.321 e. The molecule has 0 atom stereocenters. The van der Waals surface area contributed by atoms with Crippen molar-refractivity contribution in [3.63, 3.8) is 0 Å². The molecule has 0 bridgehead atoms. The van der Waals surface area contributed by atoms with Gasteiger partial charge in [-0.1, -0.05) is 28.1 Å². The number of fused-ring (bicyclic) bond motifs is 2.